The van der Waals surface area contributed by atoms with Gasteiger partial charge in [0.1, 0.15) is 14.7 Å². The molecule has 1 amide bonds. The Kier molecular flexibility index (Phi) is 7.11. The molecule has 0 atom stereocenters. The second kappa shape index (κ2) is 9.32. The molecular formula is C17H12N2O15S4. The molecule has 204 valence electrons. The Morgan fingerprint density at radius 2 is 1.21 bits per heavy atom. The molecule has 3 rings (SSSR count). The second-order valence-corrected chi connectivity index (χ2v) is 12.8. The van der Waals surface area contributed by atoms with Gasteiger partial charge in [0.05, 0.1) is 21.1 Å². The Labute approximate surface area is 212 Å². The maximum Gasteiger partial charge on any atom is 0.295 e. The number of amides is 1. The summed E-state index contributed by atoms with van der Waals surface area (Å²) >= 11 is 0. The highest BCUT2D eigenvalue weighted by molar-refractivity contribution is 7.87. The molecule has 0 saturated heterocycles. The van der Waals surface area contributed by atoms with Crippen molar-refractivity contribution < 1.29 is 61.6 Å². The molecular weight excluding hydrogens is 600 g/mol. The number of hydrogen-bond donors (Lipinski definition) is 5. The number of carbonyl (C=O) groups is 1. The molecule has 21 heteroatoms. The van der Waals surface area contributed by atoms with Gasteiger partial charge in [-0.15, -0.1) is 0 Å². The van der Waals surface area contributed by atoms with E-state index in [2.05, 4.69) is 0 Å². The highest BCUT2D eigenvalue weighted by Gasteiger charge is 2.29. The smallest absolute Gasteiger partial charge is 0.295 e. The summed E-state index contributed by atoms with van der Waals surface area (Å²) in [6.07, 6.45) is 0. The first-order valence-electron chi connectivity index (χ1n) is 9.23. The van der Waals surface area contributed by atoms with Crippen molar-refractivity contribution in [2.45, 2.75) is 19.6 Å². The molecule has 3 aromatic carbocycles. The number of rotatable bonds is 7. The molecule has 0 fully saturated rings. The molecule has 0 aliphatic rings. The molecule has 38 heavy (non-hydrogen) atoms. The Morgan fingerprint density at radius 1 is 0.711 bits per heavy atom. The average Bonchev–Trinajstić information content (AvgIpc) is 2.75. The van der Waals surface area contributed by atoms with Crippen LogP contribution in [-0.4, -0.2) is 62.7 Å². The molecule has 5 N–H and O–H groups in total. The van der Waals surface area contributed by atoms with Crippen molar-refractivity contribution in [2.75, 3.05) is 5.32 Å². The van der Waals surface area contributed by atoms with E-state index in [0.717, 1.165) is 0 Å². The Morgan fingerprint density at radius 3 is 1.68 bits per heavy atom. The van der Waals surface area contributed by atoms with Gasteiger partial charge in [-0.05, 0) is 30.3 Å². The van der Waals surface area contributed by atoms with E-state index in [1.54, 1.807) is 0 Å². The first kappa shape index (κ1) is 29.0. The van der Waals surface area contributed by atoms with E-state index < -0.39 is 98.6 Å². The minimum absolute atomic E-state index is 0.377. The van der Waals surface area contributed by atoms with Gasteiger partial charge >= 0.3 is 0 Å². The molecule has 0 aliphatic carbocycles. The minimum Gasteiger partial charge on any atom is -0.321 e. The lowest BCUT2D eigenvalue weighted by atomic mass is 10.1. The third-order valence-electron chi connectivity index (χ3n) is 4.81. The predicted octanol–water partition coefficient (Wildman–Crippen LogP) is 0.987. The summed E-state index contributed by atoms with van der Waals surface area (Å²) in [4.78, 5) is 18.4. The van der Waals surface area contributed by atoms with E-state index in [1.807, 2.05) is 5.32 Å². The van der Waals surface area contributed by atoms with Crippen molar-refractivity contribution in [2.24, 2.45) is 0 Å². The van der Waals surface area contributed by atoms with Crippen LogP contribution in [0.15, 0.2) is 62.0 Å². The lowest BCUT2D eigenvalue weighted by Crippen LogP contribution is -2.18. The summed E-state index contributed by atoms with van der Waals surface area (Å²) in [5, 5.41) is 11.0. The number of non-ortho nitro benzene ring substituents is 1. The van der Waals surface area contributed by atoms with Crippen molar-refractivity contribution >= 4 is 68.5 Å². The first-order valence-corrected chi connectivity index (χ1v) is 15.0. The van der Waals surface area contributed by atoms with Crippen LogP contribution in [-0.2, 0) is 40.5 Å². The zero-order chi connectivity index (χ0) is 29.0. The molecule has 0 bridgehead atoms. The average molecular weight is 613 g/mol. The second-order valence-electron chi connectivity index (χ2n) is 7.25. The van der Waals surface area contributed by atoms with Gasteiger partial charge in [0, 0.05) is 22.9 Å². The molecule has 0 heterocycles. The lowest BCUT2D eigenvalue weighted by Gasteiger charge is -2.16. The van der Waals surface area contributed by atoms with Gasteiger partial charge in [0.2, 0.25) is 0 Å². The number of benzene rings is 3. The van der Waals surface area contributed by atoms with E-state index in [9.17, 15) is 66.8 Å². The largest absolute Gasteiger partial charge is 0.321 e. The van der Waals surface area contributed by atoms with E-state index in [-0.39, 0.29) is 0 Å². The summed E-state index contributed by atoms with van der Waals surface area (Å²) in [5.74, 6) is -1.64. The summed E-state index contributed by atoms with van der Waals surface area (Å²) in [6, 6.07) is 3.16. The van der Waals surface area contributed by atoms with Crippen molar-refractivity contribution in [3.63, 3.8) is 0 Å². The number of nitro benzene ring substituents is 1. The Bertz CT molecular complexity index is 1980. The van der Waals surface area contributed by atoms with E-state index in [1.165, 1.54) is 0 Å². The van der Waals surface area contributed by atoms with Crippen LogP contribution >= 0.6 is 0 Å². The molecule has 0 aliphatic heterocycles. The van der Waals surface area contributed by atoms with E-state index in [0.29, 0.717) is 42.5 Å². The van der Waals surface area contributed by atoms with Gasteiger partial charge in [-0.2, -0.15) is 33.7 Å². The Balaban J connectivity index is 2.48. The summed E-state index contributed by atoms with van der Waals surface area (Å²) in [5.41, 5.74) is -2.95. The fourth-order valence-corrected chi connectivity index (χ4v) is 5.91. The number of carbonyl (C=O) groups excluding carboxylic acids is 1. The van der Waals surface area contributed by atoms with Crippen molar-refractivity contribution in [1.29, 1.82) is 0 Å². The van der Waals surface area contributed by atoms with E-state index in [4.69, 9.17) is 0 Å². The third kappa shape index (κ3) is 5.78. The van der Waals surface area contributed by atoms with Crippen LogP contribution in [0.2, 0.25) is 0 Å². The van der Waals surface area contributed by atoms with Gasteiger partial charge < -0.3 is 5.32 Å². The number of nitrogens with zero attached hydrogens (tertiary/aromatic N) is 1. The number of nitro groups is 1. The third-order valence-corrected chi connectivity index (χ3v) is 8.36. The van der Waals surface area contributed by atoms with E-state index >= 15 is 0 Å². The summed E-state index contributed by atoms with van der Waals surface area (Å²) < 4.78 is 133. The zero-order valence-corrected chi connectivity index (χ0v) is 21.2. The molecule has 0 spiro atoms. The number of fused-ring (bicyclic) bond motifs is 1. The van der Waals surface area contributed by atoms with Gasteiger partial charge in [0.25, 0.3) is 52.1 Å². The number of nitrogens with one attached hydrogen (secondary N) is 1. The lowest BCUT2D eigenvalue weighted by molar-refractivity contribution is -0.384. The minimum atomic E-state index is -5.28. The zero-order valence-electron chi connectivity index (χ0n) is 17.9. The van der Waals surface area contributed by atoms with Crippen LogP contribution in [0.3, 0.4) is 0 Å². The molecule has 0 aromatic heterocycles. The molecule has 0 radical (unpaired) electrons. The van der Waals surface area contributed by atoms with Crippen LogP contribution in [0.4, 0.5) is 11.4 Å². The fraction of sp³-hybridized carbons (Fsp3) is 0. The van der Waals surface area contributed by atoms with Crippen molar-refractivity contribution in [1.82, 2.24) is 0 Å². The van der Waals surface area contributed by atoms with Gasteiger partial charge in [-0.25, -0.2) is 0 Å². The monoisotopic (exact) mass is 612 g/mol. The summed E-state index contributed by atoms with van der Waals surface area (Å²) in [7, 11) is -21.0. The normalized spacial score (nSPS) is 12.8. The quantitative estimate of drug-likeness (QED) is 0.141. The SMILES string of the molecule is O=C(Nc1cc(S(=O)(=O)O)cc2c(S(=O)(=O)O)ccc(S(=O)(=O)O)c12)c1cc([N+](=O)[O-])ccc1S(=O)(=O)O. The number of hydrogen-bond acceptors (Lipinski definition) is 11. The molecule has 3 aromatic rings. The maximum atomic E-state index is 13.0. The predicted molar refractivity (Wildman–Crippen MR) is 124 cm³/mol. The topological polar surface area (TPSA) is 290 Å². The van der Waals surface area contributed by atoms with Crippen LogP contribution in [0, 0.1) is 10.1 Å². The van der Waals surface area contributed by atoms with Gasteiger partial charge in [-0.3, -0.25) is 33.1 Å². The maximum absolute atomic E-state index is 13.0. The van der Waals surface area contributed by atoms with Crippen molar-refractivity contribution in [3.8, 4) is 0 Å². The molecule has 17 nitrogen and oxygen atoms in total. The van der Waals surface area contributed by atoms with Crippen LogP contribution in [0.5, 0.6) is 0 Å². The molecule has 0 saturated carbocycles. The Hall–Kier alpha value is -3.57. The van der Waals surface area contributed by atoms with Crippen LogP contribution in [0.25, 0.3) is 10.8 Å². The molecule has 0 unspecified atom stereocenters. The first-order chi connectivity index (χ1) is 17.1. The van der Waals surface area contributed by atoms with Gasteiger partial charge in [0.15, 0.2) is 0 Å². The summed E-state index contributed by atoms with van der Waals surface area (Å²) in [6.45, 7) is 0. The van der Waals surface area contributed by atoms with Crippen LogP contribution < -0.4 is 5.32 Å². The van der Waals surface area contributed by atoms with Crippen molar-refractivity contribution in [3.05, 3.63) is 58.1 Å². The van der Waals surface area contributed by atoms with Crippen LogP contribution in [0.1, 0.15) is 10.4 Å². The highest BCUT2D eigenvalue weighted by atomic mass is 32.2. The van der Waals surface area contributed by atoms with Gasteiger partial charge in [-0.1, -0.05) is 0 Å². The standard InChI is InChI=1S/C17H12N2O15S4/c20-17(11-5-8(19(21)22)1-2-14(11)37(29,30)31)18-12-7-9(35(23,24)25)6-10-13(36(26,27)28)3-4-15(16(10)12)38(32,33)34/h1-7H,(H,18,20)(H,23,24,25)(H,26,27,28)(H,29,30,31)(H,32,33,34). The highest BCUT2D eigenvalue weighted by Crippen LogP contribution is 2.37. The number of anilines is 1. The fourth-order valence-electron chi connectivity index (χ4n) is 3.31.